The zero-order valence-corrected chi connectivity index (χ0v) is 12.7. The second-order valence-corrected chi connectivity index (χ2v) is 5.33. The quantitative estimate of drug-likeness (QED) is 0.528. The van der Waals surface area contributed by atoms with E-state index in [9.17, 15) is 4.79 Å². The summed E-state index contributed by atoms with van der Waals surface area (Å²) in [6, 6.07) is 0.440. The molecule has 0 aliphatic heterocycles. The molecule has 0 aromatic heterocycles. The monoisotopic (exact) mass is 272 g/mol. The maximum atomic E-state index is 12.0. The average Bonchev–Trinajstić information content (AvgIpc) is 2.84. The van der Waals surface area contributed by atoms with E-state index < -0.39 is 5.54 Å². The molecule has 1 aliphatic carbocycles. The smallest absolute Gasteiger partial charge is 0.326 e. The van der Waals surface area contributed by atoms with Gasteiger partial charge in [-0.15, -0.1) is 0 Å². The van der Waals surface area contributed by atoms with Gasteiger partial charge in [-0.05, 0) is 39.3 Å². The molecular formula is C14H28N2O3. The van der Waals surface area contributed by atoms with Crippen molar-refractivity contribution in [3.8, 4) is 0 Å². The lowest BCUT2D eigenvalue weighted by molar-refractivity contribution is -0.148. The molecule has 112 valence electrons. The van der Waals surface area contributed by atoms with E-state index in [-0.39, 0.29) is 5.97 Å². The average molecular weight is 272 g/mol. The number of carbonyl (C=O) groups is 1. The first-order valence-electron chi connectivity index (χ1n) is 7.12. The van der Waals surface area contributed by atoms with Gasteiger partial charge in [-0.25, -0.2) is 0 Å². The Bertz CT molecular complexity index is 286. The molecule has 0 aromatic carbocycles. The van der Waals surface area contributed by atoms with Crippen LogP contribution in [-0.4, -0.2) is 63.4 Å². The van der Waals surface area contributed by atoms with Crippen LogP contribution in [0.15, 0.2) is 0 Å². The lowest BCUT2D eigenvalue weighted by atomic mass is 9.97. The summed E-state index contributed by atoms with van der Waals surface area (Å²) in [5.74, 6) is -0.123. The van der Waals surface area contributed by atoms with Crippen LogP contribution in [0, 0.1) is 0 Å². The minimum absolute atomic E-state index is 0.123. The molecule has 0 amide bonds. The van der Waals surface area contributed by atoms with Gasteiger partial charge < -0.3 is 19.7 Å². The van der Waals surface area contributed by atoms with Crippen molar-refractivity contribution >= 4 is 5.97 Å². The first-order chi connectivity index (χ1) is 9.09. The molecule has 5 nitrogen and oxygen atoms in total. The molecule has 0 bridgehead atoms. The van der Waals surface area contributed by atoms with Gasteiger partial charge >= 0.3 is 5.97 Å². The van der Waals surface area contributed by atoms with Crippen molar-refractivity contribution in [2.75, 3.05) is 41.0 Å². The largest absolute Gasteiger partial charge is 0.468 e. The first-order valence-corrected chi connectivity index (χ1v) is 7.12. The Morgan fingerprint density at radius 3 is 2.79 bits per heavy atom. The molecule has 0 aromatic rings. The predicted octanol–water partition coefficient (Wildman–Crippen LogP) is 1.03. The van der Waals surface area contributed by atoms with Gasteiger partial charge in [0.1, 0.15) is 5.54 Å². The minimum atomic E-state index is -0.482. The Morgan fingerprint density at radius 1 is 1.47 bits per heavy atom. The van der Waals surface area contributed by atoms with Gasteiger partial charge in [0, 0.05) is 26.3 Å². The van der Waals surface area contributed by atoms with Crippen molar-refractivity contribution < 1.29 is 14.3 Å². The minimum Gasteiger partial charge on any atom is -0.468 e. The van der Waals surface area contributed by atoms with Crippen LogP contribution in [-0.2, 0) is 14.3 Å². The molecule has 1 rings (SSSR count). The standard InChI is InChI=1S/C14H28N2O3/c1-5-15-14(13(17)19-4)8-7-12(11-14)16(2)9-6-10-18-3/h12,15H,5-11H2,1-4H3. The van der Waals surface area contributed by atoms with E-state index in [1.54, 1.807) is 7.11 Å². The molecule has 0 saturated heterocycles. The third-order valence-electron chi connectivity index (χ3n) is 4.06. The summed E-state index contributed by atoms with van der Waals surface area (Å²) < 4.78 is 10.1. The highest BCUT2D eigenvalue weighted by Crippen LogP contribution is 2.33. The zero-order valence-electron chi connectivity index (χ0n) is 12.7. The number of carbonyl (C=O) groups excluding carboxylic acids is 1. The molecular weight excluding hydrogens is 244 g/mol. The summed E-state index contributed by atoms with van der Waals surface area (Å²) in [5.41, 5.74) is -0.482. The number of hydrogen-bond donors (Lipinski definition) is 1. The maximum absolute atomic E-state index is 12.0. The number of esters is 1. The zero-order chi connectivity index (χ0) is 14.3. The summed E-state index contributed by atoms with van der Waals surface area (Å²) >= 11 is 0. The third-order valence-corrected chi connectivity index (χ3v) is 4.06. The highest BCUT2D eigenvalue weighted by atomic mass is 16.5. The van der Waals surface area contributed by atoms with Gasteiger partial charge in [0.05, 0.1) is 7.11 Å². The first kappa shape index (κ1) is 16.4. The van der Waals surface area contributed by atoms with E-state index >= 15 is 0 Å². The van der Waals surface area contributed by atoms with E-state index in [0.717, 1.165) is 45.4 Å². The Morgan fingerprint density at radius 2 is 2.21 bits per heavy atom. The molecule has 2 unspecified atom stereocenters. The van der Waals surface area contributed by atoms with Crippen molar-refractivity contribution in [3.63, 3.8) is 0 Å². The molecule has 1 aliphatic rings. The van der Waals surface area contributed by atoms with Crippen LogP contribution >= 0.6 is 0 Å². The molecule has 0 spiro atoms. The van der Waals surface area contributed by atoms with Crippen molar-refractivity contribution in [1.82, 2.24) is 10.2 Å². The van der Waals surface area contributed by atoms with Gasteiger partial charge in [-0.2, -0.15) is 0 Å². The Balaban J connectivity index is 2.55. The molecule has 0 heterocycles. The fourth-order valence-corrected chi connectivity index (χ4v) is 2.99. The van der Waals surface area contributed by atoms with Gasteiger partial charge in [0.25, 0.3) is 0 Å². The van der Waals surface area contributed by atoms with Crippen molar-refractivity contribution in [1.29, 1.82) is 0 Å². The highest BCUT2D eigenvalue weighted by molar-refractivity contribution is 5.81. The summed E-state index contributed by atoms with van der Waals surface area (Å²) in [6.45, 7) is 4.60. The molecule has 1 fully saturated rings. The second-order valence-electron chi connectivity index (χ2n) is 5.33. The fourth-order valence-electron chi connectivity index (χ4n) is 2.99. The Hall–Kier alpha value is -0.650. The molecule has 19 heavy (non-hydrogen) atoms. The maximum Gasteiger partial charge on any atom is 0.326 e. The van der Waals surface area contributed by atoms with Crippen LogP contribution < -0.4 is 5.32 Å². The van der Waals surface area contributed by atoms with E-state index in [2.05, 4.69) is 17.3 Å². The van der Waals surface area contributed by atoms with Crippen molar-refractivity contribution in [3.05, 3.63) is 0 Å². The van der Waals surface area contributed by atoms with E-state index in [1.165, 1.54) is 7.11 Å². The van der Waals surface area contributed by atoms with Crippen molar-refractivity contribution in [2.24, 2.45) is 0 Å². The van der Waals surface area contributed by atoms with Gasteiger partial charge in [0.2, 0.25) is 0 Å². The highest BCUT2D eigenvalue weighted by Gasteiger charge is 2.46. The predicted molar refractivity (Wildman–Crippen MR) is 75.2 cm³/mol. The number of ether oxygens (including phenoxy) is 2. The van der Waals surface area contributed by atoms with Gasteiger partial charge in [0.15, 0.2) is 0 Å². The summed E-state index contributed by atoms with van der Waals surface area (Å²) in [7, 11) is 5.32. The van der Waals surface area contributed by atoms with Crippen LogP contribution in [0.5, 0.6) is 0 Å². The van der Waals surface area contributed by atoms with E-state index in [1.807, 2.05) is 6.92 Å². The van der Waals surface area contributed by atoms with Crippen LogP contribution in [0.3, 0.4) is 0 Å². The normalized spacial score (nSPS) is 26.9. The van der Waals surface area contributed by atoms with Crippen LogP contribution in [0.4, 0.5) is 0 Å². The van der Waals surface area contributed by atoms with Crippen LogP contribution in [0.1, 0.15) is 32.6 Å². The molecule has 0 radical (unpaired) electrons. The number of hydrogen-bond acceptors (Lipinski definition) is 5. The summed E-state index contributed by atoms with van der Waals surface area (Å²) in [5, 5.41) is 3.33. The molecule has 2 atom stereocenters. The van der Waals surface area contributed by atoms with Crippen LogP contribution in [0.25, 0.3) is 0 Å². The number of rotatable bonds is 8. The number of nitrogens with one attached hydrogen (secondary N) is 1. The SMILES string of the molecule is CCNC1(C(=O)OC)CCC(N(C)CCCOC)C1. The topological polar surface area (TPSA) is 50.8 Å². The molecule has 1 saturated carbocycles. The lowest BCUT2D eigenvalue weighted by Crippen LogP contribution is -2.51. The molecule has 1 N–H and O–H groups in total. The number of methoxy groups -OCH3 is 2. The Kier molecular flexibility index (Phi) is 6.75. The molecule has 5 heteroatoms. The lowest BCUT2D eigenvalue weighted by Gasteiger charge is -2.29. The summed E-state index contributed by atoms with van der Waals surface area (Å²) in [6.07, 6.45) is 3.74. The van der Waals surface area contributed by atoms with Gasteiger partial charge in [-0.1, -0.05) is 6.92 Å². The third kappa shape index (κ3) is 4.16. The Labute approximate surface area is 116 Å². The second kappa shape index (κ2) is 7.82. The van der Waals surface area contributed by atoms with Gasteiger partial charge in [-0.3, -0.25) is 4.79 Å². The van der Waals surface area contributed by atoms with E-state index in [0.29, 0.717) is 6.04 Å². The van der Waals surface area contributed by atoms with Crippen LogP contribution in [0.2, 0.25) is 0 Å². The summed E-state index contributed by atoms with van der Waals surface area (Å²) in [4.78, 5) is 14.4. The van der Waals surface area contributed by atoms with Crippen molar-refractivity contribution in [2.45, 2.75) is 44.2 Å². The number of nitrogens with zero attached hydrogens (tertiary/aromatic N) is 1. The van der Waals surface area contributed by atoms with E-state index in [4.69, 9.17) is 9.47 Å². The number of likely N-dealkylation sites (N-methyl/N-ethyl adjacent to an activating group) is 1. The fraction of sp³-hybridized carbons (Fsp3) is 0.929.